The van der Waals surface area contributed by atoms with Gasteiger partial charge in [0.15, 0.2) is 10.6 Å². The Balaban J connectivity index is 1.48. The largest absolute Gasteiger partial charge is 0.331 e. The Hall–Kier alpha value is -2.71. The van der Waals surface area contributed by atoms with Gasteiger partial charge in [-0.3, -0.25) is 9.59 Å². The smallest absolute Gasteiger partial charge is 0.246 e. The van der Waals surface area contributed by atoms with Crippen molar-refractivity contribution in [1.82, 2.24) is 9.55 Å². The van der Waals surface area contributed by atoms with Gasteiger partial charge in [0.05, 0.1) is 21.1 Å². The summed E-state index contributed by atoms with van der Waals surface area (Å²) in [5, 5.41) is 6.29. The van der Waals surface area contributed by atoms with Crippen molar-refractivity contribution in [2.24, 2.45) is 0 Å². The molecule has 5 nitrogen and oxygen atoms in total. The van der Waals surface area contributed by atoms with Crippen LogP contribution >= 0.6 is 45.9 Å². The number of fused-ring (bicyclic) bond motifs is 2. The molecule has 0 aliphatic rings. The van der Waals surface area contributed by atoms with Gasteiger partial charge in [-0.1, -0.05) is 47.5 Å². The number of nitrogens with one attached hydrogen (secondary N) is 1. The molecule has 0 atom stereocenters. The van der Waals surface area contributed by atoms with Gasteiger partial charge in [-0.2, -0.15) is 0 Å². The maximum absolute atomic E-state index is 12.9. The van der Waals surface area contributed by atoms with Crippen LogP contribution in [0.2, 0.25) is 8.67 Å². The molecule has 1 amide bonds. The molecular weight excluding hydrogens is 473 g/mol. The fourth-order valence-electron chi connectivity index (χ4n) is 3.52. The molecule has 0 saturated carbocycles. The van der Waals surface area contributed by atoms with E-state index in [0.29, 0.717) is 41.3 Å². The van der Waals surface area contributed by atoms with Crippen LogP contribution < -0.4 is 10.7 Å². The third-order valence-corrected chi connectivity index (χ3v) is 7.11. The molecule has 3 aromatic heterocycles. The third kappa shape index (κ3) is 3.74. The number of rotatable bonds is 4. The standard InChI is InChI=1S/C22H13Cl2N3O2S2/c23-18-9-14(21(24)31-18)15-11-30-22(25-15)26-19(28)10-27-16-7-3-1-5-12(16)20(29)13-6-2-4-8-17(13)27/h1-9,11H,10H2,(H,25,26,28). The average molecular weight is 486 g/mol. The van der Waals surface area contributed by atoms with E-state index >= 15 is 0 Å². The normalized spacial score (nSPS) is 11.3. The Morgan fingerprint density at radius 3 is 2.29 bits per heavy atom. The monoisotopic (exact) mass is 485 g/mol. The molecule has 0 unspecified atom stereocenters. The predicted octanol–water partition coefficient (Wildman–Crippen LogP) is 6.29. The van der Waals surface area contributed by atoms with Crippen LogP contribution in [0.3, 0.4) is 0 Å². The van der Waals surface area contributed by atoms with E-state index < -0.39 is 0 Å². The van der Waals surface area contributed by atoms with Crippen LogP contribution in [-0.4, -0.2) is 15.5 Å². The number of hydrogen-bond donors (Lipinski definition) is 1. The number of thiophene rings is 1. The maximum Gasteiger partial charge on any atom is 0.246 e. The van der Waals surface area contributed by atoms with Crippen LogP contribution in [-0.2, 0) is 11.3 Å². The van der Waals surface area contributed by atoms with Crippen molar-refractivity contribution in [3.63, 3.8) is 0 Å². The second-order valence-corrected chi connectivity index (χ2v) is 9.92. The van der Waals surface area contributed by atoms with Crippen molar-refractivity contribution in [1.29, 1.82) is 0 Å². The predicted molar refractivity (Wildman–Crippen MR) is 130 cm³/mol. The number of carbonyl (C=O) groups excluding carboxylic acids is 1. The van der Waals surface area contributed by atoms with Gasteiger partial charge in [-0.05, 0) is 30.3 Å². The highest BCUT2D eigenvalue weighted by molar-refractivity contribution is 7.20. The average Bonchev–Trinajstić information content (AvgIpc) is 3.36. The summed E-state index contributed by atoms with van der Waals surface area (Å²) in [7, 11) is 0. The number of anilines is 1. The van der Waals surface area contributed by atoms with Crippen molar-refractivity contribution in [2.45, 2.75) is 6.54 Å². The fraction of sp³-hybridized carbons (Fsp3) is 0.0455. The molecule has 0 fully saturated rings. The zero-order chi connectivity index (χ0) is 21.5. The molecule has 0 aliphatic carbocycles. The summed E-state index contributed by atoms with van der Waals surface area (Å²) < 4.78 is 2.99. The van der Waals surface area contributed by atoms with E-state index in [9.17, 15) is 9.59 Å². The van der Waals surface area contributed by atoms with Crippen LogP contribution in [0.15, 0.2) is 64.8 Å². The van der Waals surface area contributed by atoms with Crippen molar-refractivity contribution in [3.8, 4) is 11.3 Å². The lowest BCUT2D eigenvalue weighted by atomic mass is 10.1. The second kappa shape index (κ2) is 8.09. The number of aromatic nitrogens is 2. The van der Waals surface area contributed by atoms with E-state index in [2.05, 4.69) is 10.3 Å². The Labute approximate surface area is 194 Å². The Morgan fingerprint density at radius 2 is 1.68 bits per heavy atom. The number of pyridine rings is 1. The summed E-state index contributed by atoms with van der Waals surface area (Å²) in [4.78, 5) is 30.2. The summed E-state index contributed by atoms with van der Waals surface area (Å²) >= 11 is 14.8. The van der Waals surface area contributed by atoms with Crippen LogP contribution in [0.1, 0.15) is 0 Å². The molecule has 0 bridgehead atoms. The first-order valence-electron chi connectivity index (χ1n) is 9.22. The maximum atomic E-state index is 12.9. The van der Waals surface area contributed by atoms with Gasteiger partial charge in [-0.15, -0.1) is 22.7 Å². The van der Waals surface area contributed by atoms with E-state index in [1.165, 1.54) is 22.7 Å². The first-order chi connectivity index (χ1) is 15.0. The number of hydrogen-bond acceptors (Lipinski definition) is 5. The molecule has 0 radical (unpaired) electrons. The van der Waals surface area contributed by atoms with Crippen LogP contribution in [0.5, 0.6) is 0 Å². The minimum atomic E-state index is -0.241. The molecule has 2 aromatic carbocycles. The topological polar surface area (TPSA) is 64.0 Å². The van der Waals surface area contributed by atoms with Gasteiger partial charge in [-0.25, -0.2) is 4.98 Å². The van der Waals surface area contributed by atoms with E-state index in [1.807, 2.05) is 46.3 Å². The summed E-state index contributed by atoms with van der Waals surface area (Å²) in [5.41, 5.74) is 2.78. The van der Waals surface area contributed by atoms with Crippen LogP contribution in [0, 0.1) is 0 Å². The number of para-hydroxylation sites is 2. The Bertz CT molecular complexity index is 1460. The molecule has 1 N–H and O–H groups in total. The van der Waals surface area contributed by atoms with Crippen LogP contribution in [0.25, 0.3) is 33.1 Å². The quantitative estimate of drug-likeness (QED) is 0.304. The SMILES string of the molecule is O=C(Cn1c2ccccc2c(=O)c2ccccc21)Nc1nc(-c2cc(Cl)sc2Cl)cs1. The molecule has 154 valence electrons. The highest BCUT2D eigenvalue weighted by Crippen LogP contribution is 2.39. The van der Waals surface area contributed by atoms with Gasteiger partial charge in [0.1, 0.15) is 10.9 Å². The fourth-order valence-corrected chi connectivity index (χ4v) is 5.73. The van der Waals surface area contributed by atoms with E-state index in [4.69, 9.17) is 23.2 Å². The summed E-state index contributed by atoms with van der Waals surface area (Å²) in [6, 6.07) is 16.4. The van der Waals surface area contributed by atoms with Crippen molar-refractivity contribution in [2.75, 3.05) is 5.32 Å². The minimum absolute atomic E-state index is 0.0428. The zero-order valence-corrected chi connectivity index (χ0v) is 18.9. The number of amides is 1. The molecule has 5 aromatic rings. The molecule has 0 saturated heterocycles. The molecule has 9 heteroatoms. The first-order valence-corrected chi connectivity index (χ1v) is 11.7. The van der Waals surface area contributed by atoms with Crippen LogP contribution in [0.4, 0.5) is 5.13 Å². The molecular formula is C22H13Cl2N3O2S2. The molecule has 31 heavy (non-hydrogen) atoms. The first kappa shape index (κ1) is 20.2. The number of halogens is 2. The van der Waals surface area contributed by atoms with Gasteiger partial charge < -0.3 is 9.88 Å². The van der Waals surface area contributed by atoms with E-state index in [-0.39, 0.29) is 17.9 Å². The lowest BCUT2D eigenvalue weighted by molar-refractivity contribution is -0.116. The number of nitrogens with zero attached hydrogens (tertiary/aromatic N) is 2. The van der Waals surface area contributed by atoms with E-state index in [0.717, 1.165) is 5.56 Å². The molecule has 3 heterocycles. The Kier molecular flexibility index (Phi) is 5.27. The zero-order valence-electron chi connectivity index (χ0n) is 15.8. The number of benzene rings is 2. The number of thiazole rings is 1. The molecule has 0 spiro atoms. The molecule has 5 rings (SSSR count). The summed E-state index contributed by atoms with van der Waals surface area (Å²) in [6.07, 6.45) is 0. The van der Waals surface area contributed by atoms with Crippen molar-refractivity contribution >= 4 is 78.7 Å². The van der Waals surface area contributed by atoms with Crippen molar-refractivity contribution in [3.05, 3.63) is 78.9 Å². The van der Waals surface area contributed by atoms with Gasteiger partial charge in [0, 0.05) is 21.7 Å². The Morgan fingerprint density at radius 1 is 1.03 bits per heavy atom. The molecule has 0 aliphatic heterocycles. The summed E-state index contributed by atoms with van der Waals surface area (Å²) in [6.45, 7) is 0.0429. The number of carbonyl (C=O) groups is 1. The van der Waals surface area contributed by atoms with Gasteiger partial charge in [0.25, 0.3) is 0 Å². The lowest BCUT2D eigenvalue weighted by Crippen LogP contribution is -2.21. The van der Waals surface area contributed by atoms with Crippen molar-refractivity contribution < 1.29 is 4.79 Å². The van der Waals surface area contributed by atoms with E-state index in [1.54, 1.807) is 18.2 Å². The third-order valence-electron chi connectivity index (χ3n) is 4.86. The van der Waals surface area contributed by atoms with Gasteiger partial charge in [0.2, 0.25) is 5.91 Å². The van der Waals surface area contributed by atoms with Gasteiger partial charge >= 0.3 is 0 Å². The summed E-state index contributed by atoms with van der Waals surface area (Å²) in [5.74, 6) is -0.241. The minimum Gasteiger partial charge on any atom is -0.331 e. The lowest BCUT2D eigenvalue weighted by Gasteiger charge is -2.14. The second-order valence-electron chi connectivity index (χ2n) is 6.77. The highest BCUT2D eigenvalue weighted by Gasteiger charge is 2.16. The highest BCUT2D eigenvalue weighted by atomic mass is 35.5.